The van der Waals surface area contributed by atoms with E-state index in [1.165, 1.54) is 6.20 Å². The van der Waals surface area contributed by atoms with Gasteiger partial charge in [-0.05, 0) is 17.7 Å². The third-order valence-electron chi connectivity index (χ3n) is 1.90. The fourth-order valence-corrected chi connectivity index (χ4v) is 1.42. The number of H-pyrrole nitrogens is 1. The van der Waals surface area contributed by atoms with Crippen LogP contribution in [0.1, 0.15) is 17.4 Å². The Hall–Kier alpha value is -1.20. The first-order valence-electron chi connectivity index (χ1n) is 4.06. The number of benzene rings is 1. The zero-order valence-electron chi connectivity index (χ0n) is 7.18. The average molecular weight is 254 g/mol. The molecule has 0 aliphatic rings. The third kappa shape index (κ3) is 1.83. The van der Waals surface area contributed by atoms with Gasteiger partial charge in [0.1, 0.15) is 11.8 Å². The second-order valence-corrected chi connectivity index (χ2v) is 3.76. The van der Waals surface area contributed by atoms with Gasteiger partial charge in [-0.2, -0.15) is 15.4 Å². The number of hydrogen-bond donors (Lipinski definition) is 2. The molecule has 1 aromatic carbocycles. The van der Waals surface area contributed by atoms with Crippen molar-refractivity contribution < 1.29 is 5.11 Å². The Morgan fingerprint density at radius 1 is 1.29 bits per heavy atom. The lowest BCUT2D eigenvalue weighted by Gasteiger charge is -2.06. The number of aliphatic hydroxyl groups is 1. The molecule has 0 radical (unpaired) electrons. The third-order valence-corrected chi connectivity index (χ3v) is 2.43. The minimum atomic E-state index is -0.721. The second kappa shape index (κ2) is 3.89. The highest BCUT2D eigenvalue weighted by Gasteiger charge is 2.12. The van der Waals surface area contributed by atoms with Gasteiger partial charge in [-0.25, -0.2) is 0 Å². The summed E-state index contributed by atoms with van der Waals surface area (Å²) in [6.45, 7) is 0. The highest BCUT2D eigenvalue weighted by Crippen LogP contribution is 2.20. The molecule has 0 saturated carbocycles. The second-order valence-electron chi connectivity index (χ2n) is 2.85. The van der Waals surface area contributed by atoms with Crippen LogP contribution >= 0.6 is 15.9 Å². The number of aromatic amines is 1. The highest BCUT2D eigenvalue weighted by atomic mass is 79.9. The van der Waals surface area contributed by atoms with Gasteiger partial charge in [0, 0.05) is 4.47 Å². The number of hydrogen-bond acceptors (Lipinski definition) is 3. The SMILES string of the molecule is OC(c1ccc(Br)cc1)c1cn[nH]n1. The average Bonchev–Trinajstić information content (AvgIpc) is 2.71. The quantitative estimate of drug-likeness (QED) is 0.856. The van der Waals surface area contributed by atoms with Gasteiger partial charge in [0.25, 0.3) is 0 Å². The summed E-state index contributed by atoms with van der Waals surface area (Å²) in [4.78, 5) is 0. The van der Waals surface area contributed by atoms with Gasteiger partial charge in [0.05, 0.1) is 6.20 Å². The molecule has 5 heteroatoms. The molecule has 0 saturated heterocycles. The van der Waals surface area contributed by atoms with Gasteiger partial charge in [0.15, 0.2) is 0 Å². The molecular weight excluding hydrogens is 246 g/mol. The Morgan fingerprint density at radius 3 is 2.57 bits per heavy atom. The van der Waals surface area contributed by atoms with Gasteiger partial charge in [-0.1, -0.05) is 28.1 Å². The first kappa shape index (κ1) is 9.36. The molecule has 0 aliphatic heterocycles. The molecular formula is C9H8BrN3O. The van der Waals surface area contributed by atoms with Gasteiger partial charge in [0.2, 0.25) is 0 Å². The van der Waals surface area contributed by atoms with Crippen LogP contribution in [0.2, 0.25) is 0 Å². The summed E-state index contributed by atoms with van der Waals surface area (Å²) in [5.41, 5.74) is 1.31. The summed E-state index contributed by atoms with van der Waals surface area (Å²) in [7, 11) is 0. The van der Waals surface area contributed by atoms with E-state index in [-0.39, 0.29) is 0 Å². The summed E-state index contributed by atoms with van der Waals surface area (Å²) in [6, 6.07) is 7.42. The van der Waals surface area contributed by atoms with Crippen molar-refractivity contribution in [3.05, 3.63) is 46.2 Å². The lowest BCUT2D eigenvalue weighted by molar-refractivity contribution is 0.215. The molecule has 1 heterocycles. The van der Waals surface area contributed by atoms with Gasteiger partial charge >= 0.3 is 0 Å². The standard InChI is InChI=1S/C9H8BrN3O/c10-7-3-1-6(2-4-7)9(14)8-5-11-13-12-8/h1-5,9,14H,(H,11,12,13). The highest BCUT2D eigenvalue weighted by molar-refractivity contribution is 9.10. The lowest BCUT2D eigenvalue weighted by atomic mass is 10.1. The van der Waals surface area contributed by atoms with Crippen LogP contribution in [0.25, 0.3) is 0 Å². The molecule has 1 aromatic heterocycles. The van der Waals surface area contributed by atoms with E-state index < -0.39 is 6.10 Å². The van der Waals surface area contributed by atoms with Crippen LogP contribution in [0.15, 0.2) is 34.9 Å². The molecule has 2 N–H and O–H groups in total. The molecule has 0 bridgehead atoms. The van der Waals surface area contributed by atoms with E-state index >= 15 is 0 Å². The Morgan fingerprint density at radius 2 is 2.00 bits per heavy atom. The number of rotatable bonds is 2. The van der Waals surface area contributed by atoms with E-state index in [9.17, 15) is 5.11 Å². The van der Waals surface area contributed by atoms with Crippen molar-refractivity contribution >= 4 is 15.9 Å². The van der Waals surface area contributed by atoms with Crippen LogP contribution in [-0.2, 0) is 0 Å². The summed E-state index contributed by atoms with van der Waals surface area (Å²) in [5.74, 6) is 0. The maximum absolute atomic E-state index is 9.83. The summed E-state index contributed by atoms with van der Waals surface area (Å²) >= 11 is 3.33. The molecule has 1 unspecified atom stereocenters. The van der Waals surface area contributed by atoms with E-state index in [4.69, 9.17) is 0 Å². The molecule has 0 amide bonds. The summed E-state index contributed by atoms with van der Waals surface area (Å²) in [5, 5.41) is 19.8. The normalized spacial score (nSPS) is 12.7. The maximum atomic E-state index is 9.83. The number of aliphatic hydroxyl groups excluding tert-OH is 1. The van der Waals surface area contributed by atoms with Gasteiger partial charge < -0.3 is 5.11 Å². The largest absolute Gasteiger partial charge is 0.382 e. The minimum absolute atomic E-state index is 0.521. The smallest absolute Gasteiger partial charge is 0.124 e. The van der Waals surface area contributed by atoms with Crippen molar-refractivity contribution in [3.8, 4) is 0 Å². The number of halogens is 1. The van der Waals surface area contributed by atoms with Gasteiger partial charge in [-0.15, -0.1) is 0 Å². The Bertz CT molecular complexity index is 399. The van der Waals surface area contributed by atoms with Crippen molar-refractivity contribution in [2.75, 3.05) is 0 Å². The Balaban J connectivity index is 2.28. The first-order valence-corrected chi connectivity index (χ1v) is 4.86. The van der Waals surface area contributed by atoms with Crippen molar-refractivity contribution in [2.24, 2.45) is 0 Å². The minimum Gasteiger partial charge on any atom is -0.382 e. The van der Waals surface area contributed by atoms with Crippen LogP contribution in [0, 0.1) is 0 Å². The predicted octanol–water partition coefficient (Wildman–Crippen LogP) is 1.65. The van der Waals surface area contributed by atoms with Crippen LogP contribution in [0.5, 0.6) is 0 Å². The van der Waals surface area contributed by atoms with E-state index in [0.717, 1.165) is 10.0 Å². The topological polar surface area (TPSA) is 61.8 Å². The van der Waals surface area contributed by atoms with E-state index in [2.05, 4.69) is 31.3 Å². The molecule has 0 aliphatic carbocycles. The zero-order chi connectivity index (χ0) is 9.97. The molecule has 2 rings (SSSR count). The van der Waals surface area contributed by atoms with Crippen molar-refractivity contribution in [1.29, 1.82) is 0 Å². The fourth-order valence-electron chi connectivity index (χ4n) is 1.16. The maximum Gasteiger partial charge on any atom is 0.124 e. The van der Waals surface area contributed by atoms with Gasteiger partial charge in [-0.3, -0.25) is 0 Å². The molecule has 0 fully saturated rings. The first-order chi connectivity index (χ1) is 6.77. The fraction of sp³-hybridized carbons (Fsp3) is 0.111. The Kier molecular flexibility index (Phi) is 2.60. The van der Waals surface area contributed by atoms with E-state index in [1.807, 2.05) is 24.3 Å². The van der Waals surface area contributed by atoms with E-state index in [0.29, 0.717) is 5.69 Å². The Labute approximate surface area is 89.1 Å². The summed E-state index contributed by atoms with van der Waals surface area (Å²) in [6.07, 6.45) is 0.786. The number of nitrogens with one attached hydrogen (secondary N) is 1. The number of nitrogens with zero attached hydrogens (tertiary/aromatic N) is 2. The number of aromatic nitrogens is 3. The molecule has 0 spiro atoms. The van der Waals surface area contributed by atoms with Crippen LogP contribution < -0.4 is 0 Å². The van der Waals surface area contributed by atoms with E-state index in [1.54, 1.807) is 0 Å². The van der Waals surface area contributed by atoms with Crippen LogP contribution in [0.4, 0.5) is 0 Å². The van der Waals surface area contributed by atoms with Crippen molar-refractivity contribution in [3.63, 3.8) is 0 Å². The summed E-state index contributed by atoms with van der Waals surface area (Å²) < 4.78 is 0.980. The van der Waals surface area contributed by atoms with Crippen molar-refractivity contribution in [1.82, 2.24) is 15.4 Å². The lowest BCUT2D eigenvalue weighted by Crippen LogP contribution is -1.99. The molecule has 1 atom stereocenters. The monoisotopic (exact) mass is 253 g/mol. The zero-order valence-corrected chi connectivity index (χ0v) is 8.77. The molecule has 72 valence electrons. The van der Waals surface area contributed by atoms with Crippen molar-refractivity contribution in [2.45, 2.75) is 6.10 Å². The predicted molar refractivity (Wildman–Crippen MR) is 54.6 cm³/mol. The van der Waals surface area contributed by atoms with Crippen LogP contribution in [0.3, 0.4) is 0 Å². The van der Waals surface area contributed by atoms with Crippen LogP contribution in [-0.4, -0.2) is 20.5 Å². The molecule has 2 aromatic rings. The molecule has 14 heavy (non-hydrogen) atoms. The molecule has 4 nitrogen and oxygen atoms in total.